The van der Waals surface area contributed by atoms with Crippen LogP contribution in [-0.4, -0.2) is 77.0 Å². The van der Waals surface area contributed by atoms with Crippen LogP contribution in [0.15, 0.2) is 77.7 Å². The summed E-state index contributed by atoms with van der Waals surface area (Å²) >= 11 is 1.57. The summed E-state index contributed by atoms with van der Waals surface area (Å²) in [6.07, 6.45) is -0.0130. The highest BCUT2D eigenvalue weighted by Gasteiger charge is 2.39. The number of hydrogen-bond acceptors (Lipinski definition) is 8. The summed E-state index contributed by atoms with van der Waals surface area (Å²) in [5.41, 5.74) is 2.97. The predicted molar refractivity (Wildman–Crippen MR) is 161 cm³/mol. The minimum atomic E-state index is -0.894. The van der Waals surface area contributed by atoms with E-state index in [0.717, 1.165) is 40.6 Å². The van der Waals surface area contributed by atoms with Gasteiger partial charge in [-0.25, -0.2) is 4.79 Å². The first-order chi connectivity index (χ1) is 19.9. The van der Waals surface area contributed by atoms with Crippen LogP contribution in [0.3, 0.4) is 0 Å². The Morgan fingerprint density at radius 2 is 1.59 bits per heavy atom. The maximum atomic E-state index is 14.2. The SMILES string of the molecule is CCOC(=O)COC1C(=O)N(CCN(C)CCc2ccc(OC)cc2)c2ccccc2SC1c1ccc(OC)cc1. The van der Waals surface area contributed by atoms with Gasteiger partial charge in [0.15, 0.2) is 6.10 Å². The van der Waals surface area contributed by atoms with Crippen LogP contribution in [0, 0.1) is 0 Å². The van der Waals surface area contributed by atoms with Gasteiger partial charge in [0.2, 0.25) is 0 Å². The Labute approximate surface area is 246 Å². The second kappa shape index (κ2) is 14.9. The molecule has 0 radical (unpaired) electrons. The smallest absolute Gasteiger partial charge is 0.332 e. The van der Waals surface area contributed by atoms with Crippen LogP contribution in [0.4, 0.5) is 5.69 Å². The van der Waals surface area contributed by atoms with Crippen LogP contribution in [-0.2, 0) is 25.5 Å². The van der Waals surface area contributed by atoms with Gasteiger partial charge < -0.3 is 28.7 Å². The lowest BCUT2D eigenvalue weighted by molar-refractivity contribution is -0.152. The van der Waals surface area contributed by atoms with E-state index in [1.165, 1.54) is 5.56 Å². The standard InChI is InChI=1S/C32H38N2O6S/c1-5-39-29(35)22-40-30-31(24-12-16-26(38-4)17-13-24)41-28-9-7-6-8-27(28)34(32(30)36)21-20-33(2)19-18-23-10-14-25(37-3)15-11-23/h6-17,30-31H,5,18-22H2,1-4H3. The number of rotatable bonds is 13. The molecule has 2 unspecified atom stereocenters. The molecular formula is C32H38N2O6S. The molecule has 0 bridgehead atoms. The molecule has 0 spiro atoms. The summed E-state index contributed by atoms with van der Waals surface area (Å²) in [6.45, 7) is 3.67. The van der Waals surface area contributed by atoms with Gasteiger partial charge in [-0.05, 0) is 67.9 Å². The van der Waals surface area contributed by atoms with E-state index in [1.54, 1.807) is 37.8 Å². The van der Waals surface area contributed by atoms with Gasteiger partial charge in [-0.1, -0.05) is 36.4 Å². The molecule has 0 saturated carbocycles. The zero-order chi connectivity index (χ0) is 29.2. The van der Waals surface area contributed by atoms with Gasteiger partial charge in [-0.2, -0.15) is 0 Å². The van der Waals surface area contributed by atoms with E-state index in [9.17, 15) is 9.59 Å². The summed E-state index contributed by atoms with van der Waals surface area (Å²) in [4.78, 5) is 31.4. The van der Waals surface area contributed by atoms with Crippen molar-refractivity contribution in [3.63, 3.8) is 0 Å². The lowest BCUT2D eigenvalue weighted by Gasteiger charge is -2.29. The summed E-state index contributed by atoms with van der Waals surface area (Å²) in [5.74, 6) is 0.884. The summed E-state index contributed by atoms with van der Waals surface area (Å²) < 4.78 is 21.7. The first kappa shape index (κ1) is 30.4. The highest BCUT2D eigenvalue weighted by atomic mass is 32.2. The Morgan fingerprint density at radius 3 is 2.24 bits per heavy atom. The monoisotopic (exact) mass is 578 g/mol. The molecule has 2 atom stereocenters. The minimum absolute atomic E-state index is 0.184. The molecule has 218 valence electrons. The van der Waals surface area contributed by atoms with E-state index in [4.69, 9.17) is 18.9 Å². The number of thioether (sulfide) groups is 1. The van der Waals surface area contributed by atoms with Crippen molar-refractivity contribution in [1.82, 2.24) is 4.90 Å². The van der Waals surface area contributed by atoms with E-state index < -0.39 is 12.1 Å². The fourth-order valence-electron chi connectivity index (χ4n) is 4.66. The second-order valence-corrected chi connectivity index (χ2v) is 10.9. The van der Waals surface area contributed by atoms with Crippen molar-refractivity contribution in [3.8, 4) is 11.5 Å². The maximum absolute atomic E-state index is 14.2. The molecule has 1 aliphatic heterocycles. The van der Waals surface area contributed by atoms with Crippen LogP contribution in [0.5, 0.6) is 11.5 Å². The molecule has 8 nitrogen and oxygen atoms in total. The number of nitrogens with zero attached hydrogens (tertiary/aromatic N) is 2. The van der Waals surface area contributed by atoms with E-state index in [-0.39, 0.29) is 24.4 Å². The Bertz CT molecular complexity index is 1280. The predicted octanol–water partition coefficient (Wildman–Crippen LogP) is 5.01. The van der Waals surface area contributed by atoms with Gasteiger partial charge in [-0.3, -0.25) is 4.79 Å². The van der Waals surface area contributed by atoms with Crippen LogP contribution < -0.4 is 14.4 Å². The van der Waals surface area contributed by atoms with Gasteiger partial charge in [0.1, 0.15) is 18.1 Å². The molecule has 1 aliphatic rings. The normalized spacial score (nSPS) is 16.7. The Kier molecular flexibility index (Phi) is 11.1. The van der Waals surface area contributed by atoms with Crippen molar-refractivity contribution in [1.29, 1.82) is 0 Å². The van der Waals surface area contributed by atoms with Gasteiger partial charge in [0.25, 0.3) is 5.91 Å². The number of methoxy groups -OCH3 is 2. The van der Waals surface area contributed by atoms with E-state index >= 15 is 0 Å². The molecule has 0 aliphatic carbocycles. The number of esters is 1. The molecule has 0 aromatic heterocycles. The number of amides is 1. The fourth-order valence-corrected chi connectivity index (χ4v) is 6.00. The molecule has 4 rings (SSSR count). The molecule has 41 heavy (non-hydrogen) atoms. The molecule has 3 aromatic carbocycles. The van der Waals surface area contributed by atoms with Crippen molar-refractivity contribution in [2.75, 3.05) is 59.0 Å². The molecule has 0 fully saturated rings. The summed E-state index contributed by atoms with van der Waals surface area (Å²) in [7, 11) is 5.34. The van der Waals surface area contributed by atoms with Crippen molar-refractivity contribution in [3.05, 3.63) is 83.9 Å². The first-order valence-electron chi connectivity index (χ1n) is 13.7. The van der Waals surface area contributed by atoms with E-state index in [2.05, 4.69) is 24.1 Å². The van der Waals surface area contributed by atoms with Crippen LogP contribution in [0.25, 0.3) is 0 Å². The quantitative estimate of drug-likeness (QED) is 0.262. The van der Waals surface area contributed by atoms with Crippen molar-refractivity contribution in [2.24, 2.45) is 0 Å². The molecule has 0 N–H and O–H groups in total. The second-order valence-electron chi connectivity index (χ2n) is 9.71. The molecule has 1 heterocycles. The average molecular weight is 579 g/mol. The number of benzene rings is 3. The van der Waals surface area contributed by atoms with Gasteiger partial charge >= 0.3 is 5.97 Å². The number of hydrogen-bond donors (Lipinski definition) is 0. The van der Waals surface area contributed by atoms with Crippen molar-refractivity contribution < 1.29 is 28.5 Å². The topological polar surface area (TPSA) is 77.5 Å². The number of carbonyl (C=O) groups is 2. The Balaban J connectivity index is 1.54. The number of para-hydroxylation sites is 1. The third-order valence-corrected chi connectivity index (χ3v) is 8.34. The first-order valence-corrected chi connectivity index (χ1v) is 14.6. The van der Waals surface area contributed by atoms with E-state index in [0.29, 0.717) is 13.1 Å². The van der Waals surface area contributed by atoms with E-state index in [1.807, 2.05) is 60.7 Å². The molecule has 3 aromatic rings. The molecule has 9 heteroatoms. The highest BCUT2D eigenvalue weighted by Crippen LogP contribution is 2.46. The third-order valence-electron chi connectivity index (χ3n) is 6.97. The molecule has 1 amide bonds. The highest BCUT2D eigenvalue weighted by molar-refractivity contribution is 7.99. The van der Waals surface area contributed by atoms with Gasteiger partial charge in [0, 0.05) is 24.5 Å². The minimum Gasteiger partial charge on any atom is -0.497 e. The van der Waals surface area contributed by atoms with Crippen molar-refractivity contribution >= 4 is 29.3 Å². The maximum Gasteiger partial charge on any atom is 0.332 e. The molecule has 0 saturated heterocycles. The number of carbonyl (C=O) groups excluding carboxylic acids is 2. The third kappa shape index (κ3) is 8.03. The lowest BCUT2D eigenvalue weighted by atomic mass is 10.1. The fraction of sp³-hybridized carbons (Fsp3) is 0.375. The van der Waals surface area contributed by atoms with Crippen LogP contribution >= 0.6 is 11.8 Å². The zero-order valence-electron chi connectivity index (χ0n) is 24.1. The average Bonchev–Trinajstić information content (AvgIpc) is 3.12. The number of likely N-dealkylation sites (N-methyl/N-ethyl adjacent to an activating group) is 1. The number of fused-ring (bicyclic) bond motifs is 1. The largest absolute Gasteiger partial charge is 0.497 e. The van der Waals surface area contributed by atoms with Crippen LogP contribution in [0.1, 0.15) is 23.3 Å². The zero-order valence-corrected chi connectivity index (χ0v) is 24.9. The Hall–Kier alpha value is -3.53. The van der Waals surface area contributed by atoms with Gasteiger partial charge in [0.05, 0.1) is 31.8 Å². The number of ether oxygens (including phenoxy) is 4. The summed E-state index contributed by atoms with van der Waals surface area (Å²) in [6, 6.07) is 23.6. The molecular weight excluding hydrogens is 540 g/mol. The van der Waals surface area contributed by atoms with Crippen molar-refractivity contribution in [2.45, 2.75) is 29.6 Å². The summed E-state index contributed by atoms with van der Waals surface area (Å²) in [5, 5.41) is -0.373. The van der Waals surface area contributed by atoms with Crippen LogP contribution in [0.2, 0.25) is 0 Å². The lowest BCUT2D eigenvalue weighted by Crippen LogP contribution is -2.45. The number of anilines is 1. The Morgan fingerprint density at radius 1 is 0.927 bits per heavy atom. The van der Waals surface area contributed by atoms with Gasteiger partial charge in [-0.15, -0.1) is 11.8 Å².